The molecule has 0 aliphatic heterocycles. The standard InChI is InChI=1S/C19H11ClF3NO4/c20-14-6-1-2-7-16(14)27-17-13(18(25)26)8-9-15(24-17)11-4-3-5-12(10-11)28-19(21,22)23/h1-10H,(H,25,26). The average Bonchev–Trinajstić information content (AvgIpc) is 2.62. The maximum atomic E-state index is 12.4. The van der Waals surface area contributed by atoms with Crippen molar-refractivity contribution in [2.24, 2.45) is 0 Å². The lowest BCUT2D eigenvalue weighted by atomic mass is 10.1. The second kappa shape index (κ2) is 7.77. The zero-order chi connectivity index (χ0) is 20.3. The van der Waals surface area contributed by atoms with Crippen molar-refractivity contribution in [1.29, 1.82) is 0 Å². The molecule has 0 saturated heterocycles. The lowest BCUT2D eigenvalue weighted by Gasteiger charge is -2.12. The van der Waals surface area contributed by atoms with Crippen molar-refractivity contribution in [3.8, 4) is 28.6 Å². The van der Waals surface area contributed by atoms with Gasteiger partial charge in [0.1, 0.15) is 17.1 Å². The van der Waals surface area contributed by atoms with Crippen LogP contribution in [0.5, 0.6) is 17.4 Å². The highest BCUT2D eigenvalue weighted by atomic mass is 35.5. The van der Waals surface area contributed by atoms with Gasteiger partial charge in [0.05, 0.1) is 10.7 Å². The molecule has 0 bridgehead atoms. The summed E-state index contributed by atoms with van der Waals surface area (Å²) in [5, 5.41) is 9.59. The first kappa shape index (κ1) is 19.5. The molecular weight excluding hydrogens is 399 g/mol. The molecule has 3 aromatic rings. The third-order valence-corrected chi connectivity index (χ3v) is 3.81. The van der Waals surface area contributed by atoms with Crippen LogP contribution in [0.15, 0.2) is 60.7 Å². The number of pyridine rings is 1. The number of carboxylic acids is 1. The van der Waals surface area contributed by atoms with Crippen LogP contribution in [-0.4, -0.2) is 22.4 Å². The molecular formula is C19H11ClF3NO4. The Morgan fingerprint density at radius 3 is 2.46 bits per heavy atom. The topological polar surface area (TPSA) is 68.7 Å². The highest BCUT2D eigenvalue weighted by Crippen LogP contribution is 2.33. The van der Waals surface area contributed by atoms with Crippen LogP contribution >= 0.6 is 11.6 Å². The van der Waals surface area contributed by atoms with E-state index in [4.69, 9.17) is 16.3 Å². The second-order valence-electron chi connectivity index (χ2n) is 5.46. The molecule has 144 valence electrons. The predicted octanol–water partition coefficient (Wildman–Crippen LogP) is 5.79. The molecule has 0 spiro atoms. The molecule has 1 N–H and O–H groups in total. The molecule has 3 rings (SSSR count). The van der Waals surface area contributed by atoms with Gasteiger partial charge in [-0.05, 0) is 36.4 Å². The summed E-state index contributed by atoms with van der Waals surface area (Å²) >= 11 is 6.02. The Morgan fingerprint density at radius 1 is 1.04 bits per heavy atom. The molecule has 5 nitrogen and oxygen atoms in total. The van der Waals surface area contributed by atoms with Crippen LogP contribution in [0, 0.1) is 0 Å². The first-order valence-corrected chi connectivity index (χ1v) is 8.13. The number of nitrogens with zero attached hydrogens (tertiary/aromatic N) is 1. The zero-order valence-corrected chi connectivity index (χ0v) is 14.7. The third-order valence-electron chi connectivity index (χ3n) is 3.50. The predicted molar refractivity (Wildman–Crippen MR) is 94.8 cm³/mol. The second-order valence-corrected chi connectivity index (χ2v) is 5.87. The minimum Gasteiger partial charge on any atom is -0.477 e. The van der Waals surface area contributed by atoms with E-state index in [1.165, 1.54) is 30.3 Å². The molecule has 9 heteroatoms. The molecule has 0 atom stereocenters. The molecule has 0 saturated carbocycles. The van der Waals surface area contributed by atoms with Crippen LogP contribution in [-0.2, 0) is 0 Å². The maximum absolute atomic E-state index is 12.4. The van der Waals surface area contributed by atoms with Crippen LogP contribution in [0.4, 0.5) is 13.2 Å². The Morgan fingerprint density at radius 2 is 1.79 bits per heavy atom. The number of hydrogen-bond donors (Lipinski definition) is 1. The Hall–Kier alpha value is -3.26. The van der Waals surface area contributed by atoms with Crippen LogP contribution in [0.1, 0.15) is 10.4 Å². The highest BCUT2D eigenvalue weighted by molar-refractivity contribution is 6.32. The molecule has 0 unspecified atom stereocenters. The molecule has 2 aromatic carbocycles. The van der Waals surface area contributed by atoms with Crippen molar-refractivity contribution in [3.63, 3.8) is 0 Å². The number of aromatic carboxylic acids is 1. The number of benzene rings is 2. The van der Waals surface area contributed by atoms with Gasteiger partial charge in [0.2, 0.25) is 5.88 Å². The van der Waals surface area contributed by atoms with Crippen molar-refractivity contribution in [1.82, 2.24) is 4.98 Å². The SMILES string of the molecule is O=C(O)c1ccc(-c2cccc(OC(F)(F)F)c2)nc1Oc1ccccc1Cl. The third kappa shape index (κ3) is 4.72. The van der Waals surface area contributed by atoms with Gasteiger partial charge in [-0.25, -0.2) is 9.78 Å². The number of halogens is 4. The average molecular weight is 410 g/mol. The first-order valence-electron chi connectivity index (χ1n) is 7.76. The number of aromatic nitrogens is 1. The van der Waals surface area contributed by atoms with Crippen molar-refractivity contribution < 1.29 is 32.5 Å². The monoisotopic (exact) mass is 409 g/mol. The van der Waals surface area contributed by atoms with E-state index in [0.29, 0.717) is 0 Å². The first-order chi connectivity index (χ1) is 13.2. The smallest absolute Gasteiger partial charge is 0.477 e. The van der Waals surface area contributed by atoms with Gasteiger partial charge in [0, 0.05) is 5.56 Å². The van der Waals surface area contributed by atoms with Crippen LogP contribution in [0.2, 0.25) is 5.02 Å². The summed E-state index contributed by atoms with van der Waals surface area (Å²) in [5.41, 5.74) is 0.244. The number of ether oxygens (including phenoxy) is 2. The summed E-state index contributed by atoms with van der Waals surface area (Å²) in [6.45, 7) is 0. The molecule has 1 heterocycles. The van der Waals surface area contributed by atoms with Gasteiger partial charge < -0.3 is 14.6 Å². The van der Waals surface area contributed by atoms with Crippen LogP contribution in [0.25, 0.3) is 11.3 Å². The molecule has 28 heavy (non-hydrogen) atoms. The molecule has 0 aliphatic carbocycles. The Bertz CT molecular complexity index is 1020. The lowest BCUT2D eigenvalue weighted by molar-refractivity contribution is -0.274. The van der Waals surface area contributed by atoms with Crippen molar-refractivity contribution in [2.75, 3.05) is 0 Å². The van der Waals surface area contributed by atoms with Gasteiger partial charge >= 0.3 is 12.3 Å². The van der Waals surface area contributed by atoms with E-state index in [0.717, 1.165) is 12.1 Å². The fraction of sp³-hybridized carbons (Fsp3) is 0.0526. The van der Waals surface area contributed by atoms with E-state index in [1.54, 1.807) is 18.2 Å². The molecule has 0 aliphatic rings. The fourth-order valence-corrected chi connectivity index (χ4v) is 2.50. The summed E-state index contributed by atoms with van der Waals surface area (Å²) in [6, 6.07) is 14.1. The number of hydrogen-bond acceptors (Lipinski definition) is 4. The van der Waals surface area contributed by atoms with E-state index >= 15 is 0 Å². The van der Waals surface area contributed by atoms with E-state index in [2.05, 4.69) is 9.72 Å². The summed E-state index contributed by atoms with van der Waals surface area (Å²) in [6.07, 6.45) is -4.84. The number of carboxylic acid groups (broad SMARTS) is 1. The molecule has 0 amide bonds. The summed E-state index contributed by atoms with van der Waals surface area (Å²) in [4.78, 5) is 15.6. The minimum atomic E-state index is -4.84. The van der Waals surface area contributed by atoms with E-state index < -0.39 is 18.1 Å². The highest BCUT2D eigenvalue weighted by Gasteiger charge is 2.31. The normalized spacial score (nSPS) is 11.1. The van der Waals surface area contributed by atoms with Crippen LogP contribution in [0.3, 0.4) is 0 Å². The van der Waals surface area contributed by atoms with Gasteiger partial charge in [0.25, 0.3) is 0 Å². The molecule has 0 radical (unpaired) electrons. The lowest BCUT2D eigenvalue weighted by Crippen LogP contribution is -2.17. The molecule has 1 aromatic heterocycles. The summed E-state index contributed by atoms with van der Waals surface area (Å²) < 4.78 is 46.7. The van der Waals surface area contributed by atoms with Crippen LogP contribution < -0.4 is 9.47 Å². The number of para-hydroxylation sites is 1. The molecule has 0 fully saturated rings. The number of rotatable bonds is 5. The van der Waals surface area contributed by atoms with Crippen molar-refractivity contribution >= 4 is 17.6 Å². The maximum Gasteiger partial charge on any atom is 0.573 e. The van der Waals surface area contributed by atoms with E-state index in [1.807, 2.05) is 0 Å². The number of alkyl halides is 3. The number of carbonyl (C=O) groups is 1. The fourth-order valence-electron chi connectivity index (χ4n) is 2.33. The largest absolute Gasteiger partial charge is 0.573 e. The van der Waals surface area contributed by atoms with Gasteiger partial charge in [-0.15, -0.1) is 13.2 Å². The summed E-state index contributed by atoms with van der Waals surface area (Å²) in [5.74, 6) is -1.77. The minimum absolute atomic E-state index is 0.186. The van der Waals surface area contributed by atoms with Crippen molar-refractivity contribution in [2.45, 2.75) is 6.36 Å². The quantitative estimate of drug-likeness (QED) is 0.577. The van der Waals surface area contributed by atoms with E-state index in [9.17, 15) is 23.1 Å². The Labute approximate surface area is 161 Å². The zero-order valence-electron chi connectivity index (χ0n) is 13.9. The Kier molecular flexibility index (Phi) is 5.41. The summed E-state index contributed by atoms with van der Waals surface area (Å²) in [7, 11) is 0. The Balaban J connectivity index is 2.01. The van der Waals surface area contributed by atoms with Gasteiger partial charge in [-0.3, -0.25) is 0 Å². The van der Waals surface area contributed by atoms with E-state index in [-0.39, 0.29) is 33.5 Å². The van der Waals surface area contributed by atoms with Gasteiger partial charge in [-0.1, -0.05) is 35.9 Å². The van der Waals surface area contributed by atoms with Gasteiger partial charge in [0.15, 0.2) is 0 Å². The van der Waals surface area contributed by atoms with Crippen molar-refractivity contribution in [3.05, 3.63) is 71.2 Å². The van der Waals surface area contributed by atoms with Gasteiger partial charge in [-0.2, -0.15) is 0 Å².